The molecule has 1 unspecified atom stereocenters. The summed E-state index contributed by atoms with van der Waals surface area (Å²) in [4.78, 5) is 0. The molecule has 1 saturated carbocycles. The summed E-state index contributed by atoms with van der Waals surface area (Å²) in [5.41, 5.74) is 8.58. The monoisotopic (exact) mass is 273 g/mol. The van der Waals surface area contributed by atoms with E-state index in [1.165, 1.54) is 17.3 Å². The van der Waals surface area contributed by atoms with E-state index >= 15 is 0 Å². The highest BCUT2D eigenvalue weighted by Gasteiger charge is 2.43. The minimum atomic E-state index is -0.128. The highest BCUT2D eigenvalue weighted by atomic mass is 16.5. The smallest absolute Gasteiger partial charge is 0.0832 e. The first-order valence-corrected chi connectivity index (χ1v) is 7.45. The molecule has 1 fully saturated rings. The molecule has 108 valence electrons. The fourth-order valence-corrected chi connectivity index (χ4v) is 3.23. The van der Waals surface area contributed by atoms with E-state index < -0.39 is 0 Å². The van der Waals surface area contributed by atoms with E-state index in [4.69, 9.17) is 15.6 Å². The minimum Gasteiger partial charge on any atom is -0.377 e. The Balaban J connectivity index is 1.91. The Morgan fingerprint density at radius 1 is 1.40 bits per heavy atom. The van der Waals surface area contributed by atoms with Crippen LogP contribution in [0.25, 0.3) is 10.9 Å². The zero-order chi connectivity index (χ0) is 14.2. The van der Waals surface area contributed by atoms with E-state index in [-0.39, 0.29) is 11.6 Å². The lowest BCUT2D eigenvalue weighted by Gasteiger charge is -2.44. The second-order valence-corrected chi connectivity index (χ2v) is 5.71. The van der Waals surface area contributed by atoms with E-state index in [0.717, 1.165) is 31.5 Å². The molecule has 20 heavy (non-hydrogen) atoms. The van der Waals surface area contributed by atoms with Gasteiger partial charge in [0.1, 0.15) is 0 Å². The van der Waals surface area contributed by atoms with Gasteiger partial charge in [-0.15, -0.1) is 0 Å². The number of aromatic nitrogens is 2. The normalized spacial score (nSPS) is 18.9. The summed E-state index contributed by atoms with van der Waals surface area (Å²) in [6, 6.07) is 8.40. The largest absolute Gasteiger partial charge is 0.377 e. The van der Waals surface area contributed by atoms with Crippen LogP contribution >= 0.6 is 0 Å². The Labute approximate surface area is 119 Å². The Morgan fingerprint density at radius 3 is 2.75 bits per heavy atom. The molecule has 0 radical (unpaired) electrons. The van der Waals surface area contributed by atoms with Crippen LogP contribution < -0.4 is 5.73 Å². The SMILES string of the molecule is CCn1nc(CC(N)C2(OC)CCC2)c2ccccc21. The third kappa shape index (κ3) is 2.03. The molecular weight excluding hydrogens is 250 g/mol. The summed E-state index contributed by atoms with van der Waals surface area (Å²) in [6.07, 6.45) is 4.13. The molecule has 0 amide bonds. The number of hydrogen-bond donors (Lipinski definition) is 1. The van der Waals surface area contributed by atoms with Gasteiger partial charge in [0.05, 0.1) is 16.8 Å². The van der Waals surface area contributed by atoms with Crippen molar-refractivity contribution in [1.82, 2.24) is 9.78 Å². The average Bonchev–Trinajstić information content (AvgIpc) is 2.77. The summed E-state index contributed by atoms with van der Waals surface area (Å²) < 4.78 is 7.75. The van der Waals surface area contributed by atoms with E-state index in [9.17, 15) is 0 Å². The standard InChI is InChI=1S/C16H23N3O/c1-3-19-14-8-5-4-7-12(14)13(18-19)11-15(17)16(20-2)9-6-10-16/h4-5,7-8,15H,3,6,9-11,17H2,1-2H3. The van der Waals surface area contributed by atoms with Crippen LogP contribution in [-0.4, -0.2) is 28.5 Å². The van der Waals surface area contributed by atoms with Crippen LogP contribution in [0.5, 0.6) is 0 Å². The molecule has 3 rings (SSSR count). The molecule has 0 bridgehead atoms. The van der Waals surface area contributed by atoms with Crippen LogP contribution in [0, 0.1) is 0 Å². The van der Waals surface area contributed by atoms with Crippen LogP contribution in [0.3, 0.4) is 0 Å². The quantitative estimate of drug-likeness (QED) is 0.910. The minimum absolute atomic E-state index is 0.0184. The van der Waals surface area contributed by atoms with Gasteiger partial charge >= 0.3 is 0 Å². The van der Waals surface area contributed by atoms with E-state index in [2.05, 4.69) is 35.9 Å². The van der Waals surface area contributed by atoms with Gasteiger partial charge in [0.2, 0.25) is 0 Å². The molecule has 2 N–H and O–H groups in total. The zero-order valence-corrected chi connectivity index (χ0v) is 12.3. The number of nitrogens with zero attached hydrogens (tertiary/aromatic N) is 2. The molecule has 1 aliphatic rings. The van der Waals surface area contributed by atoms with Crippen molar-refractivity contribution in [2.45, 2.75) is 50.8 Å². The molecule has 0 saturated heterocycles. The highest BCUT2D eigenvalue weighted by Crippen LogP contribution is 2.38. The van der Waals surface area contributed by atoms with Crippen LogP contribution in [0.15, 0.2) is 24.3 Å². The van der Waals surface area contributed by atoms with Gasteiger partial charge < -0.3 is 10.5 Å². The van der Waals surface area contributed by atoms with Crippen molar-refractivity contribution in [3.05, 3.63) is 30.0 Å². The molecule has 1 aromatic heterocycles. The summed E-state index contributed by atoms with van der Waals surface area (Å²) in [6.45, 7) is 3.00. The molecule has 0 aliphatic heterocycles. The number of rotatable bonds is 5. The van der Waals surface area contributed by atoms with Crippen molar-refractivity contribution in [2.75, 3.05) is 7.11 Å². The fourth-order valence-electron chi connectivity index (χ4n) is 3.23. The van der Waals surface area contributed by atoms with Gasteiger partial charge in [-0.25, -0.2) is 0 Å². The Kier molecular flexibility index (Phi) is 3.52. The molecule has 1 aromatic carbocycles. The molecule has 0 spiro atoms. The van der Waals surface area contributed by atoms with Gasteiger partial charge in [0.15, 0.2) is 0 Å². The van der Waals surface area contributed by atoms with Gasteiger partial charge in [0, 0.05) is 31.5 Å². The lowest BCUT2D eigenvalue weighted by Crippen LogP contribution is -2.55. The number of methoxy groups -OCH3 is 1. The lowest BCUT2D eigenvalue weighted by molar-refractivity contribution is -0.0898. The molecule has 4 heteroatoms. The third-order valence-electron chi connectivity index (χ3n) is 4.73. The molecule has 1 atom stereocenters. The lowest BCUT2D eigenvalue weighted by atomic mass is 9.73. The van der Waals surface area contributed by atoms with Gasteiger partial charge in [-0.05, 0) is 32.3 Å². The predicted octanol–water partition coefficient (Wildman–Crippen LogP) is 2.50. The molecule has 1 aliphatic carbocycles. The maximum atomic E-state index is 6.42. The van der Waals surface area contributed by atoms with Crippen molar-refractivity contribution < 1.29 is 4.74 Å². The van der Waals surface area contributed by atoms with Gasteiger partial charge in [-0.2, -0.15) is 5.10 Å². The number of fused-ring (bicyclic) bond motifs is 1. The second-order valence-electron chi connectivity index (χ2n) is 5.71. The van der Waals surface area contributed by atoms with Crippen LogP contribution in [0.4, 0.5) is 0 Å². The maximum Gasteiger partial charge on any atom is 0.0832 e. The molecule has 2 aromatic rings. The Hall–Kier alpha value is -1.39. The zero-order valence-electron chi connectivity index (χ0n) is 12.3. The number of aryl methyl sites for hydroxylation is 1. The number of nitrogens with two attached hydrogens (primary N) is 1. The summed E-state index contributed by atoms with van der Waals surface area (Å²) in [5.74, 6) is 0. The van der Waals surface area contributed by atoms with Crippen molar-refractivity contribution in [3.8, 4) is 0 Å². The van der Waals surface area contributed by atoms with E-state index in [1.807, 2.05) is 0 Å². The van der Waals surface area contributed by atoms with E-state index in [0.29, 0.717) is 0 Å². The second kappa shape index (κ2) is 5.19. The first-order valence-electron chi connectivity index (χ1n) is 7.45. The van der Waals surface area contributed by atoms with E-state index in [1.54, 1.807) is 7.11 Å². The summed E-state index contributed by atoms with van der Waals surface area (Å²) >= 11 is 0. The van der Waals surface area contributed by atoms with Gasteiger partial charge in [-0.1, -0.05) is 18.2 Å². The Bertz CT molecular complexity index is 595. The first kappa shape index (κ1) is 13.6. The van der Waals surface area contributed by atoms with Gasteiger partial charge in [-0.3, -0.25) is 4.68 Å². The molecule has 4 nitrogen and oxygen atoms in total. The maximum absolute atomic E-state index is 6.42. The first-order chi connectivity index (χ1) is 9.70. The number of benzene rings is 1. The molecular formula is C16H23N3O. The Morgan fingerprint density at radius 2 is 2.15 bits per heavy atom. The van der Waals surface area contributed by atoms with Crippen molar-refractivity contribution in [1.29, 1.82) is 0 Å². The predicted molar refractivity (Wildman–Crippen MR) is 80.7 cm³/mol. The average molecular weight is 273 g/mol. The number of hydrogen-bond acceptors (Lipinski definition) is 3. The van der Waals surface area contributed by atoms with Crippen LogP contribution in [-0.2, 0) is 17.7 Å². The van der Waals surface area contributed by atoms with Crippen LogP contribution in [0.1, 0.15) is 31.9 Å². The van der Waals surface area contributed by atoms with Gasteiger partial charge in [0.25, 0.3) is 0 Å². The summed E-state index contributed by atoms with van der Waals surface area (Å²) in [7, 11) is 1.78. The van der Waals surface area contributed by atoms with Crippen molar-refractivity contribution in [3.63, 3.8) is 0 Å². The topological polar surface area (TPSA) is 53.1 Å². The highest BCUT2D eigenvalue weighted by molar-refractivity contribution is 5.82. The molecule has 1 heterocycles. The number of para-hydroxylation sites is 1. The number of ether oxygens (including phenoxy) is 1. The fraction of sp³-hybridized carbons (Fsp3) is 0.562. The third-order valence-corrected chi connectivity index (χ3v) is 4.73. The summed E-state index contributed by atoms with van der Waals surface area (Å²) in [5, 5.41) is 5.95. The van der Waals surface area contributed by atoms with Crippen molar-refractivity contribution >= 4 is 10.9 Å². The van der Waals surface area contributed by atoms with Crippen LogP contribution in [0.2, 0.25) is 0 Å². The van der Waals surface area contributed by atoms with Crippen molar-refractivity contribution in [2.24, 2.45) is 5.73 Å².